The molecule has 2 aromatic rings. The lowest BCUT2D eigenvalue weighted by atomic mass is 10.3. The van der Waals surface area contributed by atoms with Crippen molar-refractivity contribution in [1.82, 2.24) is 0 Å². The van der Waals surface area contributed by atoms with Gasteiger partial charge in [-0.2, -0.15) is 0 Å². The van der Waals surface area contributed by atoms with E-state index in [1.54, 1.807) is 5.38 Å². The quantitative estimate of drug-likeness (QED) is 0.632. The Morgan fingerprint density at radius 3 is 2.35 bits per heavy atom. The lowest BCUT2D eigenvalue weighted by Gasteiger charge is -2.05. The zero-order valence-electron chi connectivity index (χ0n) is 9.50. The van der Waals surface area contributed by atoms with Crippen molar-refractivity contribution in [3.8, 4) is 0 Å². The molecule has 20 heavy (non-hydrogen) atoms. The van der Waals surface area contributed by atoms with E-state index in [0.717, 1.165) is 23.1 Å². The van der Waals surface area contributed by atoms with Crippen molar-refractivity contribution in [3.05, 3.63) is 48.6 Å². The molecule has 1 N–H and O–H groups in total. The number of carboxylic acids is 1. The number of hydrogen-bond acceptors (Lipinski definition) is 5. The molecule has 0 bridgehead atoms. The third-order valence-electron chi connectivity index (χ3n) is 2.20. The van der Waals surface area contributed by atoms with Gasteiger partial charge in [-0.3, -0.25) is 10.1 Å². The number of aromatic carboxylic acids is 1. The molecule has 0 spiro atoms. The number of nitrogens with zero attached hydrogens (tertiary/aromatic N) is 1. The number of rotatable bonds is 4. The predicted octanol–water partition coefficient (Wildman–Crippen LogP) is 4.81. The normalized spacial score (nSPS) is 10.5. The highest BCUT2D eigenvalue weighted by Gasteiger charge is 2.16. The molecule has 1 aromatic heterocycles. The summed E-state index contributed by atoms with van der Waals surface area (Å²) in [5, 5.41) is 21.5. The summed E-state index contributed by atoms with van der Waals surface area (Å²) in [6.45, 7) is 0. The van der Waals surface area contributed by atoms with E-state index in [-0.39, 0.29) is 20.6 Å². The first-order valence-corrected chi connectivity index (χ1v) is 7.47. The zero-order valence-corrected chi connectivity index (χ0v) is 12.6. The third-order valence-corrected chi connectivity index (χ3v) is 5.20. The second-order valence-electron chi connectivity index (χ2n) is 3.55. The molecule has 0 fully saturated rings. The van der Waals surface area contributed by atoms with Crippen molar-refractivity contribution in [2.75, 3.05) is 0 Å². The van der Waals surface area contributed by atoms with Crippen molar-refractivity contribution >= 4 is 58.0 Å². The highest BCUT2D eigenvalue weighted by Crippen LogP contribution is 2.42. The summed E-state index contributed by atoms with van der Waals surface area (Å²) in [5.74, 6) is -1.01. The van der Waals surface area contributed by atoms with Crippen LogP contribution >= 0.6 is 46.3 Å². The van der Waals surface area contributed by atoms with Gasteiger partial charge in [0.1, 0.15) is 4.88 Å². The third kappa shape index (κ3) is 3.24. The minimum Gasteiger partial charge on any atom is -0.477 e. The van der Waals surface area contributed by atoms with Crippen LogP contribution < -0.4 is 0 Å². The summed E-state index contributed by atoms with van der Waals surface area (Å²) in [6, 6.07) is 3.91. The number of benzene rings is 1. The van der Waals surface area contributed by atoms with Crippen LogP contribution in [0.15, 0.2) is 33.4 Å². The fourth-order valence-electron chi connectivity index (χ4n) is 1.35. The molecule has 1 heterocycles. The number of nitro benzene ring substituents is 1. The maximum Gasteiger partial charge on any atom is 0.345 e. The minimum absolute atomic E-state index is 0.150. The van der Waals surface area contributed by atoms with E-state index in [9.17, 15) is 14.9 Å². The second-order valence-corrected chi connectivity index (χ2v) is 6.36. The van der Waals surface area contributed by atoms with E-state index in [1.165, 1.54) is 18.2 Å². The molecule has 0 unspecified atom stereocenters. The van der Waals surface area contributed by atoms with E-state index >= 15 is 0 Å². The molecule has 0 aliphatic carbocycles. The summed E-state index contributed by atoms with van der Waals surface area (Å²) in [4.78, 5) is 22.2. The lowest BCUT2D eigenvalue weighted by molar-refractivity contribution is -0.384. The minimum atomic E-state index is -1.01. The summed E-state index contributed by atoms with van der Waals surface area (Å²) in [7, 11) is 0. The highest BCUT2D eigenvalue weighted by atomic mass is 35.5. The maximum absolute atomic E-state index is 10.8. The molecular formula is C11H5Cl2NO4S2. The van der Waals surface area contributed by atoms with E-state index in [1.807, 2.05) is 0 Å². The zero-order chi connectivity index (χ0) is 14.9. The Balaban J connectivity index is 2.33. The first-order valence-electron chi connectivity index (χ1n) is 5.01. The fraction of sp³-hybridized carbons (Fsp3) is 0. The second kappa shape index (κ2) is 6.01. The van der Waals surface area contributed by atoms with Crippen molar-refractivity contribution < 1.29 is 14.8 Å². The molecular weight excluding hydrogens is 345 g/mol. The van der Waals surface area contributed by atoms with Gasteiger partial charge in [-0.1, -0.05) is 35.0 Å². The monoisotopic (exact) mass is 349 g/mol. The summed E-state index contributed by atoms with van der Waals surface area (Å²) >= 11 is 14.2. The Hall–Kier alpha value is -1.28. The van der Waals surface area contributed by atoms with Gasteiger partial charge < -0.3 is 5.11 Å². The van der Waals surface area contributed by atoms with Crippen molar-refractivity contribution in [2.24, 2.45) is 0 Å². The Morgan fingerprint density at radius 2 is 1.90 bits per heavy atom. The number of halogens is 2. The van der Waals surface area contributed by atoms with Gasteiger partial charge in [-0.25, -0.2) is 4.79 Å². The van der Waals surface area contributed by atoms with Crippen LogP contribution in [-0.2, 0) is 0 Å². The van der Waals surface area contributed by atoms with Crippen LogP contribution in [0.4, 0.5) is 5.69 Å². The topological polar surface area (TPSA) is 80.4 Å². The van der Waals surface area contributed by atoms with Crippen LogP contribution in [0, 0.1) is 10.1 Å². The highest BCUT2D eigenvalue weighted by molar-refractivity contribution is 7.99. The van der Waals surface area contributed by atoms with E-state index in [0.29, 0.717) is 9.79 Å². The summed E-state index contributed by atoms with van der Waals surface area (Å²) in [5.41, 5.74) is -0.194. The molecule has 0 saturated carbocycles. The fourth-order valence-corrected chi connectivity index (χ4v) is 3.80. The number of carbonyl (C=O) groups is 1. The molecule has 5 nitrogen and oxygen atoms in total. The lowest BCUT2D eigenvalue weighted by Crippen LogP contribution is -1.90. The van der Waals surface area contributed by atoms with Crippen molar-refractivity contribution in [1.29, 1.82) is 0 Å². The van der Waals surface area contributed by atoms with Crippen LogP contribution in [0.5, 0.6) is 0 Å². The Morgan fingerprint density at radius 1 is 1.30 bits per heavy atom. The van der Waals surface area contributed by atoms with Gasteiger partial charge in [-0.15, -0.1) is 11.3 Å². The van der Waals surface area contributed by atoms with Crippen LogP contribution in [0.1, 0.15) is 9.67 Å². The van der Waals surface area contributed by atoms with E-state index in [2.05, 4.69) is 0 Å². The summed E-state index contributed by atoms with van der Waals surface area (Å²) in [6.07, 6.45) is 0. The maximum atomic E-state index is 10.8. The molecule has 0 saturated heterocycles. The van der Waals surface area contributed by atoms with Crippen LogP contribution in [0.3, 0.4) is 0 Å². The van der Waals surface area contributed by atoms with Crippen molar-refractivity contribution in [2.45, 2.75) is 9.79 Å². The standard InChI is InChI=1S/C11H5Cl2NO4S2/c12-7-1-5(14(17)18)2-8(13)10(7)20-6-3-9(11(15)16)19-4-6/h1-4H,(H,15,16). The van der Waals surface area contributed by atoms with E-state index < -0.39 is 10.9 Å². The molecule has 0 radical (unpaired) electrons. The molecule has 104 valence electrons. The number of hydrogen-bond donors (Lipinski definition) is 1. The van der Waals surface area contributed by atoms with Gasteiger partial charge >= 0.3 is 5.97 Å². The number of carboxylic acid groups (broad SMARTS) is 1. The number of thiophene rings is 1. The Bertz CT molecular complexity index is 678. The molecule has 0 amide bonds. The average molecular weight is 350 g/mol. The SMILES string of the molecule is O=C(O)c1cc(Sc2c(Cl)cc([N+](=O)[O-])cc2Cl)cs1. The predicted molar refractivity (Wildman–Crippen MR) is 78.5 cm³/mol. The summed E-state index contributed by atoms with van der Waals surface area (Å²) < 4.78 is 0. The molecule has 9 heteroatoms. The van der Waals surface area contributed by atoms with Gasteiger partial charge in [-0.05, 0) is 6.07 Å². The van der Waals surface area contributed by atoms with E-state index in [4.69, 9.17) is 28.3 Å². The van der Waals surface area contributed by atoms with Crippen molar-refractivity contribution in [3.63, 3.8) is 0 Å². The van der Waals surface area contributed by atoms with Gasteiger partial charge in [0.15, 0.2) is 0 Å². The van der Waals surface area contributed by atoms with Gasteiger partial charge in [0.05, 0.1) is 19.9 Å². The first-order chi connectivity index (χ1) is 9.38. The number of nitro groups is 1. The van der Waals surface area contributed by atoms with Gasteiger partial charge in [0.2, 0.25) is 0 Å². The Labute approximate surface area is 131 Å². The Kier molecular flexibility index (Phi) is 4.54. The molecule has 0 aliphatic rings. The molecule has 1 aromatic carbocycles. The van der Waals surface area contributed by atoms with Crippen LogP contribution in [0.2, 0.25) is 10.0 Å². The number of non-ortho nitro benzene ring substituents is 1. The molecule has 2 rings (SSSR count). The first kappa shape index (κ1) is 15.1. The van der Waals surface area contributed by atoms with Crippen LogP contribution in [-0.4, -0.2) is 16.0 Å². The largest absolute Gasteiger partial charge is 0.477 e. The molecule has 0 atom stereocenters. The molecule has 0 aliphatic heterocycles. The van der Waals surface area contributed by atoms with Gasteiger partial charge in [0.25, 0.3) is 5.69 Å². The smallest absolute Gasteiger partial charge is 0.345 e. The van der Waals surface area contributed by atoms with Gasteiger partial charge in [0, 0.05) is 22.4 Å². The average Bonchev–Trinajstić information content (AvgIpc) is 2.82. The van der Waals surface area contributed by atoms with Crippen LogP contribution in [0.25, 0.3) is 0 Å².